The van der Waals surface area contributed by atoms with E-state index >= 15 is 0 Å². The topological polar surface area (TPSA) is 32.6 Å². The molecule has 3 nitrogen and oxygen atoms in total. The standard InChI is InChI=1S/C9H10N3/c1-8-7-9(11-10-8)12-5-3-2-4-6-12/h2-7H,1H3,(H,10,11)/q+1. The molecule has 2 heterocycles. The minimum atomic E-state index is 0.924. The summed E-state index contributed by atoms with van der Waals surface area (Å²) >= 11 is 0. The second-order valence-corrected chi connectivity index (χ2v) is 2.69. The first-order valence-corrected chi connectivity index (χ1v) is 3.85. The van der Waals surface area contributed by atoms with Gasteiger partial charge in [0.25, 0.3) is 0 Å². The number of aromatic nitrogens is 3. The summed E-state index contributed by atoms with van der Waals surface area (Å²) in [6.07, 6.45) is 3.94. The van der Waals surface area contributed by atoms with Crippen LogP contribution in [0.25, 0.3) is 5.82 Å². The highest BCUT2D eigenvalue weighted by atomic mass is 15.2. The second kappa shape index (κ2) is 2.77. The van der Waals surface area contributed by atoms with Crippen molar-refractivity contribution in [2.24, 2.45) is 0 Å². The molecule has 0 aliphatic rings. The van der Waals surface area contributed by atoms with Crippen LogP contribution < -0.4 is 4.57 Å². The predicted molar refractivity (Wildman–Crippen MR) is 44.9 cm³/mol. The SMILES string of the molecule is Cc1cc(-[n+]2ccccc2)n[nH]1. The Kier molecular flexibility index (Phi) is 1.63. The monoisotopic (exact) mass is 160 g/mol. The Morgan fingerprint density at radius 1 is 1.25 bits per heavy atom. The van der Waals surface area contributed by atoms with Crippen molar-refractivity contribution < 1.29 is 4.57 Å². The molecule has 0 unspecified atom stereocenters. The highest BCUT2D eigenvalue weighted by molar-refractivity contribution is 5.12. The average molecular weight is 160 g/mol. The third-order valence-electron chi connectivity index (χ3n) is 1.67. The molecule has 0 amide bonds. The molecule has 12 heavy (non-hydrogen) atoms. The molecule has 0 fully saturated rings. The van der Waals surface area contributed by atoms with Crippen molar-refractivity contribution >= 4 is 0 Å². The molecule has 2 aromatic heterocycles. The van der Waals surface area contributed by atoms with Gasteiger partial charge in [-0.1, -0.05) is 6.07 Å². The van der Waals surface area contributed by atoms with Crippen molar-refractivity contribution in [3.05, 3.63) is 42.4 Å². The van der Waals surface area contributed by atoms with Crippen LogP contribution in [-0.4, -0.2) is 10.2 Å². The molecule has 0 aliphatic heterocycles. The molecule has 0 radical (unpaired) electrons. The number of pyridine rings is 1. The van der Waals surface area contributed by atoms with Crippen LogP contribution in [0, 0.1) is 6.92 Å². The van der Waals surface area contributed by atoms with Crippen LogP contribution in [0.15, 0.2) is 36.7 Å². The van der Waals surface area contributed by atoms with Crippen molar-refractivity contribution in [2.75, 3.05) is 0 Å². The number of aryl methyl sites for hydroxylation is 1. The zero-order chi connectivity index (χ0) is 8.39. The molecule has 0 saturated heterocycles. The van der Waals surface area contributed by atoms with Gasteiger partial charge in [-0.3, -0.25) is 0 Å². The molecule has 60 valence electrons. The van der Waals surface area contributed by atoms with Gasteiger partial charge in [-0.25, -0.2) is 4.57 Å². The van der Waals surface area contributed by atoms with Gasteiger partial charge in [0.05, 0.1) is 29.3 Å². The van der Waals surface area contributed by atoms with Crippen molar-refractivity contribution in [1.29, 1.82) is 0 Å². The fourth-order valence-electron chi connectivity index (χ4n) is 1.09. The Morgan fingerprint density at radius 2 is 2.00 bits per heavy atom. The summed E-state index contributed by atoms with van der Waals surface area (Å²) in [5.41, 5.74) is 1.07. The fraction of sp³-hybridized carbons (Fsp3) is 0.111. The Balaban J connectivity index is 2.45. The average Bonchev–Trinajstić information content (AvgIpc) is 2.54. The smallest absolute Gasteiger partial charge is 0.201 e. The lowest BCUT2D eigenvalue weighted by atomic mass is 10.4. The Bertz CT molecular complexity index is 364. The summed E-state index contributed by atoms with van der Waals surface area (Å²) in [5, 5.41) is 7.02. The van der Waals surface area contributed by atoms with Crippen LogP contribution >= 0.6 is 0 Å². The number of nitrogens with zero attached hydrogens (tertiary/aromatic N) is 2. The van der Waals surface area contributed by atoms with Crippen molar-refractivity contribution in [2.45, 2.75) is 6.92 Å². The highest BCUT2D eigenvalue weighted by Gasteiger charge is 2.07. The van der Waals surface area contributed by atoms with E-state index in [-0.39, 0.29) is 0 Å². The van der Waals surface area contributed by atoms with Gasteiger partial charge in [-0.05, 0) is 19.1 Å². The Labute approximate surface area is 70.7 Å². The van der Waals surface area contributed by atoms with E-state index in [1.54, 1.807) is 0 Å². The minimum absolute atomic E-state index is 0.924. The van der Waals surface area contributed by atoms with Gasteiger partial charge in [0.15, 0.2) is 0 Å². The summed E-state index contributed by atoms with van der Waals surface area (Å²) in [7, 11) is 0. The van der Waals surface area contributed by atoms with E-state index in [1.807, 2.05) is 48.1 Å². The van der Waals surface area contributed by atoms with E-state index in [0.29, 0.717) is 0 Å². The molecule has 0 saturated carbocycles. The zero-order valence-electron chi connectivity index (χ0n) is 6.86. The zero-order valence-corrected chi connectivity index (χ0v) is 6.86. The lowest BCUT2D eigenvalue weighted by Crippen LogP contribution is -2.29. The largest absolute Gasteiger partial charge is 0.354 e. The van der Waals surface area contributed by atoms with E-state index < -0.39 is 0 Å². The van der Waals surface area contributed by atoms with Crippen molar-refractivity contribution in [3.63, 3.8) is 0 Å². The number of hydrogen-bond acceptors (Lipinski definition) is 1. The van der Waals surface area contributed by atoms with Crippen molar-refractivity contribution in [3.8, 4) is 5.82 Å². The minimum Gasteiger partial charge on any atom is -0.201 e. The normalized spacial score (nSPS) is 10.1. The summed E-state index contributed by atoms with van der Waals surface area (Å²) < 4.78 is 1.96. The highest BCUT2D eigenvalue weighted by Crippen LogP contribution is 1.95. The molecule has 0 spiro atoms. The predicted octanol–water partition coefficient (Wildman–Crippen LogP) is 0.995. The van der Waals surface area contributed by atoms with Crippen LogP contribution in [0.3, 0.4) is 0 Å². The fourth-order valence-corrected chi connectivity index (χ4v) is 1.09. The van der Waals surface area contributed by atoms with Crippen LogP contribution in [0.2, 0.25) is 0 Å². The number of rotatable bonds is 1. The molecule has 2 rings (SSSR count). The molecule has 0 aliphatic carbocycles. The van der Waals surface area contributed by atoms with Crippen LogP contribution in [0.1, 0.15) is 5.69 Å². The first-order valence-electron chi connectivity index (χ1n) is 3.85. The summed E-state index contributed by atoms with van der Waals surface area (Å²) in [5.74, 6) is 0.924. The van der Waals surface area contributed by atoms with E-state index in [9.17, 15) is 0 Å². The first kappa shape index (κ1) is 7.03. The number of H-pyrrole nitrogens is 1. The number of aromatic amines is 1. The third-order valence-corrected chi connectivity index (χ3v) is 1.67. The molecular formula is C9H10N3+. The quantitative estimate of drug-likeness (QED) is 0.620. The maximum Gasteiger partial charge on any atom is 0.354 e. The molecule has 3 heteroatoms. The van der Waals surface area contributed by atoms with Gasteiger partial charge in [0.1, 0.15) is 0 Å². The van der Waals surface area contributed by atoms with E-state index in [2.05, 4.69) is 10.2 Å². The lowest BCUT2D eigenvalue weighted by Gasteiger charge is -1.87. The summed E-state index contributed by atoms with van der Waals surface area (Å²) in [6.45, 7) is 1.99. The van der Waals surface area contributed by atoms with Gasteiger partial charge in [0.2, 0.25) is 0 Å². The number of hydrogen-bond donors (Lipinski definition) is 1. The molecule has 0 aromatic carbocycles. The third kappa shape index (κ3) is 1.21. The van der Waals surface area contributed by atoms with E-state index in [4.69, 9.17) is 0 Å². The van der Waals surface area contributed by atoms with Crippen LogP contribution in [0.4, 0.5) is 0 Å². The maximum atomic E-state index is 4.12. The van der Waals surface area contributed by atoms with E-state index in [1.165, 1.54) is 0 Å². The van der Waals surface area contributed by atoms with Gasteiger partial charge < -0.3 is 0 Å². The van der Waals surface area contributed by atoms with Gasteiger partial charge in [-0.15, -0.1) is 0 Å². The molecule has 0 bridgehead atoms. The van der Waals surface area contributed by atoms with Crippen molar-refractivity contribution in [1.82, 2.24) is 10.2 Å². The summed E-state index contributed by atoms with van der Waals surface area (Å²) in [4.78, 5) is 0. The number of nitrogens with one attached hydrogen (secondary N) is 1. The van der Waals surface area contributed by atoms with E-state index in [0.717, 1.165) is 11.5 Å². The Hall–Kier alpha value is -1.64. The summed E-state index contributed by atoms with van der Waals surface area (Å²) in [6, 6.07) is 7.93. The molecule has 0 atom stereocenters. The van der Waals surface area contributed by atoms with Crippen LogP contribution in [-0.2, 0) is 0 Å². The molecule has 2 aromatic rings. The second-order valence-electron chi connectivity index (χ2n) is 2.69. The molecule has 1 N–H and O–H groups in total. The lowest BCUT2D eigenvalue weighted by molar-refractivity contribution is -0.599. The van der Waals surface area contributed by atoms with Gasteiger partial charge in [-0.2, -0.15) is 5.10 Å². The van der Waals surface area contributed by atoms with Crippen LogP contribution in [0.5, 0.6) is 0 Å². The van der Waals surface area contributed by atoms with Gasteiger partial charge in [0, 0.05) is 0 Å². The Morgan fingerprint density at radius 3 is 2.58 bits per heavy atom. The first-order chi connectivity index (χ1) is 5.86. The maximum absolute atomic E-state index is 4.12. The molecular weight excluding hydrogens is 150 g/mol. The van der Waals surface area contributed by atoms with Gasteiger partial charge >= 0.3 is 5.82 Å².